The summed E-state index contributed by atoms with van der Waals surface area (Å²) < 4.78 is 0. The van der Waals surface area contributed by atoms with E-state index >= 15 is 0 Å². The lowest BCUT2D eigenvalue weighted by atomic mass is 9.78. The predicted molar refractivity (Wildman–Crippen MR) is 71.1 cm³/mol. The Balaban J connectivity index is 2.55. The van der Waals surface area contributed by atoms with E-state index in [4.69, 9.17) is 0 Å². The Kier molecular flexibility index (Phi) is 3.16. The van der Waals surface area contributed by atoms with Gasteiger partial charge in [-0.25, -0.2) is 0 Å². The van der Waals surface area contributed by atoms with Gasteiger partial charge in [-0.1, -0.05) is 32.0 Å². The molecular formula is C15H19NO. The Bertz CT molecular complexity index is 512. The van der Waals surface area contributed by atoms with Crippen LogP contribution in [0, 0.1) is 0 Å². The van der Waals surface area contributed by atoms with Gasteiger partial charge >= 0.3 is 0 Å². The van der Waals surface area contributed by atoms with E-state index in [1.807, 2.05) is 31.3 Å². The summed E-state index contributed by atoms with van der Waals surface area (Å²) in [6, 6.07) is 10.3. The monoisotopic (exact) mass is 229 g/mol. The van der Waals surface area contributed by atoms with Crippen LogP contribution in [0.25, 0.3) is 10.9 Å². The molecule has 2 heteroatoms. The van der Waals surface area contributed by atoms with Crippen LogP contribution in [-0.4, -0.2) is 16.2 Å². The Morgan fingerprint density at radius 2 is 2.00 bits per heavy atom. The van der Waals surface area contributed by atoms with Crippen molar-refractivity contribution in [3.05, 3.63) is 42.1 Å². The number of fused-ring (bicyclic) bond motifs is 1. The van der Waals surface area contributed by atoms with E-state index in [-0.39, 0.29) is 11.5 Å². The van der Waals surface area contributed by atoms with E-state index in [1.165, 1.54) is 10.9 Å². The highest BCUT2D eigenvalue weighted by molar-refractivity contribution is 5.83. The Morgan fingerprint density at radius 3 is 2.71 bits per heavy atom. The zero-order valence-electron chi connectivity index (χ0n) is 10.6. The molecule has 0 aliphatic rings. The minimum Gasteiger partial charge on any atom is -0.393 e. The standard InChI is InChI=1S/C15H19NO/c1-11(17)10-15(2,3)13-7-4-8-14-12(13)6-5-9-16-14/h4-9,11,17H,10H2,1-3H3. The number of aliphatic hydroxyl groups excluding tert-OH is 1. The van der Waals surface area contributed by atoms with Gasteiger partial charge in [-0.05, 0) is 36.5 Å². The fraction of sp³-hybridized carbons (Fsp3) is 0.400. The van der Waals surface area contributed by atoms with E-state index < -0.39 is 0 Å². The SMILES string of the molecule is CC(O)CC(C)(C)c1cccc2ncccc12. The third kappa shape index (κ3) is 2.47. The van der Waals surface area contributed by atoms with E-state index in [9.17, 15) is 5.11 Å². The second-order valence-corrected chi connectivity index (χ2v) is 5.31. The molecule has 1 aromatic heterocycles. The van der Waals surface area contributed by atoms with Gasteiger partial charge < -0.3 is 5.11 Å². The van der Waals surface area contributed by atoms with Crippen molar-refractivity contribution in [2.45, 2.75) is 38.7 Å². The van der Waals surface area contributed by atoms with Crippen LogP contribution in [0.1, 0.15) is 32.8 Å². The van der Waals surface area contributed by atoms with Gasteiger partial charge in [0.1, 0.15) is 0 Å². The van der Waals surface area contributed by atoms with Crippen molar-refractivity contribution in [3.63, 3.8) is 0 Å². The quantitative estimate of drug-likeness (QED) is 0.876. The second-order valence-electron chi connectivity index (χ2n) is 5.31. The molecule has 1 aromatic carbocycles. The normalized spacial score (nSPS) is 13.9. The predicted octanol–water partition coefficient (Wildman–Crippen LogP) is 3.28. The highest BCUT2D eigenvalue weighted by Gasteiger charge is 2.24. The fourth-order valence-corrected chi connectivity index (χ4v) is 2.54. The van der Waals surface area contributed by atoms with Gasteiger partial charge in [-0.2, -0.15) is 0 Å². The van der Waals surface area contributed by atoms with Gasteiger partial charge in [0.2, 0.25) is 0 Å². The topological polar surface area (TPSA) is 33.1 Å². The molecule has 2 aromatic rings. The Hall–Kier alpha value is -1.41. The molecule has 0 saturated carbocycles. The lowest BCUT2D eigenvalue weighted by molar-refractivity contribution is 0.157. The van der Waals surface area contributed by atoms with Gasteiger partial charge in [0, 0.05) is 11.6 Å². The summed E-state index contributed by atoms with van der Waals surface area (Å²) in [4.78, 5) is 4.37. The molecule has 0 spiro atoms. The van der Waals surface area contributed by atoms with Gasteiger partial charge in [0.15, 0.2) is 0 Å². The van der Waals surface area contributed by atoms with Gasteiger partial charge in [-0.3, -0.25) is 4.98 Å². The maximum absolute atomic E-state index is 9.61. The maximum Gasteiger partial charge on any atom is 0.0704 e. The average Bonchev–Trinajstić information content (AvgIpc) is 2.26. The third-order valence-corrected chi connectivity index (χ3v) is 3.18. The number of nitrogens with zero attached hydrogens (tertiary/aromatic N) is 1. The van der Waals surface area contributed by atoms with Gasteiger partial charge in [0.05, 0.1) is 11.6 Å². The Morgan fingerprint density at radius 1 is 1.24 bits per heavy atom. The van der Waals surface area contributed by atoms with Crippen LogP contribution in [0.3, 0.4) is 0 Å². The number of rotatable bonds is 3. The van der Waals surface area contributed by atoms with Crippen molar-refractivity contribution in [2.75, 3.05) is 0 Å². The first-order valence-corrected chi connectivity index (χ1v) is 6.03. The average molecular weight is 229 g/mol. The molecule has 1 N–H and O–H groups in total. The van der Waals surface area contributed by atoms with Crippen molar-refractivity contribution in [2.24, 2.45) is 0 Å². The smallest absolute Gasteiger partial charge is 0.0704 e. The molecule has 0 amide bonds. The first-order valence-electron chi connectivity index (χ1n) is 6.03. The lowest BCUT2D eigenvalue weighted by Crippen LogP contribution is -2.23. The zero-order chi connectivity index (χ0) is 12.5. The highest BCUT2D eigenvalue weighted by Crippen LogP contribution is 2.33. The summed E-state index contributed by atoms with van der Waals surface area (Å²) in [6.07, 6.45) is 2.27. The molecule has 2 nitrogen and oxygen atoms in total. The number of aromatic nitrogens is 1. The van der Waals surface area contributed by atoms with E-state index in [0.717, 1.165) is 11.9 Å². The molecule has 0 bridgehead atoms. The van der Waals surface area contributed by atoms with E-state index in [2.05, 4.69) is 31.0 Å². The van der Waals surface area contributed by atoms with Crippen LogP contribution < -0.4 is 0 Å². The van der Waals surface area contributed by atoms with Crippen LogP contribution in [0.5, 0.6) is 0 Å². The molecule has 1 unspecified atom stereocenters. The molecule has 0 saturated heterocycles. The van der Waals surface area contributed by atoms with Crippen molar-refractivity contribution in [1.29, 1.82) is 0 Å². The maximum atomic E-state index is 9.61. The summed E-state index contributed by atoms with van der Waals surface area (Å²) in [5.74, 6) is 0. The molecule has 1 heterocycles. The second kappa shape index (κ2) is 4.46. The van der Waals surface area contributed by atoms with Gasteiger partial charge in [-0.15, -0.1) is 0 Å². The highest BCUT2D eigenvalue weighted by atomic mass is 16.3. The molecule has 0 fully saturated rings. The first-order chi connectivity index (χ1) is 8.00. The number of aliphatic hydroxyl groups is 1. The third-order valence-electron chi connectivity index (χ3n) is 3.18. The van der Waals surface area contributed by atoms with Crippen molar-refractivity contribution < 1.29 is 5.11 Å². The van der Waals surface area contributed by atoms with Crippen LogP contribution in [0.2, 0.25) is 0 Å². The van der Waals surface area contributed by atoms with Crippen LogP contribution in [0.15, 0.2) is 36.5 Å². The number of hydrogen-bond acceptors (Lipinski definition) is 2. The summed E-state index contributed by atoms with van der Waals surface area (Å²) in [6.45, 7) is 6.17. The molecule has 0 radical (unpaired) electrons. The lowest BCUT2D eigenvalue weighted by Gasteiger charge is -2.28. The zero-order valence-corrected chi connectivity index (χ0v) is 10.6. The first kappa shape index (κ1) is 12.1. The molecule has 90 valence electrons. The van der Waals surface area contributed by atoms with Gasteiger partial charge in [0.25, 0.3) is 0 Å². The number of benzene rings is 1. The molecular weight excluding hydrogens is 210 g/mol. The molecule has 0 aliphatic heterocycles. The van der Waals surface area contributed by atoms with E-state index in [0.29, 0.717) is 0 Å². The largest absolute Gasteiger partial charge is 0.393 e. The summed E-state index contributed by atoms with van der Waals surface area (Å²) in [5, 5.41) is 10.8. The minimum absolute atomic E-state index is 0.0449. The fourth-order valence-electron chi connectivity index (χ4n) is 2.54. The van der Waals surface area contributed by atoms with Crippen LogP contribution in [0.4, 0.5) is 0 Å². The minimum atomic E-state index is -0.295. The van der Waals surface area contributed by atoms with Crippen LogP contribution >= 0.6 is 0 Å². The number of hydrogen-bond donors (Lipinski definition) is 1. The van der Waals surface area contributed by atoms with Crippen molar-refractivity contribution in [1.82, 2.24) is 4.98 Å². The Labute approximate surface area is 102 Å². The van der Waals surface area contributed by atoms with Crippen LogP contribution in [-0.2, 0) is 5.41 Å². The van der Waals surface area contributed by atoms with Crippen molar-refractivity contribution in [3.8, 4) is 0 Å². The summed E-state index contributed by atoms with van der Waals surface area (Å²) in [5.41, 5.74) is 2.23. The summed E-state index contributed by atoms with van der Waals surface area (Å²) >= 11 is 0. The summed E-state index contributed by atoms with van der Waals surface area (Å²) in [7, 11) is 0. The molecule has 2 rings (SSSR count). The molecule has 0 aliphatic carbocycles. The molecule has 1 atom stereocenters. The van der Waals surface area contributed by atoms with E-state index in [1.54, 1.807) is 0 Å². The van der Waals surface area contributed by atoms with Crippen molar-refractivity contribution >= 4 is 10.9 Å². The number of pyridine rings is 1. The molecule has 17 heavy (non-hydrogen) atoms.